The molecule has 0 unspecified atom stereocenters. The normalized spacial score (nSPS) is 18.9. The van der Waals surface area contributed by atoms with Gasteiger partial charge in [0.1, 0.15) is 5.82 Å². The number of fused-ring (bicyclic) bond motifs is 1. The molecule has 4 heteroatoms. The molecular formula is C13H16FN3. The monoisotopic (exact) mass is 233 g/mol. The molecule has 0 radical (unpaired) electrons. The number of nitrogens with two attached hydrogens (primary N) is 1. The van der Waals surface area contributed by atoms with Gasteiger partial charge in [-0.1, -0.05) is 18.9 Å². The zero-order valence-corrected chi connectivity index (χ0v) is 9.69. The lowest BCUT2D eigenvalue weighted by Gasteiger charge is -2.25. The van der Waals surface area contributed by atoms with Crippen molar-refractivity contribution in [3.05, 3.63) is 36.2 Å². The average Bonchev–Trinajstić information content (AvgIpc) is 2.96. The van der Waals surface area contributed by atoms with Crippen LogP contribution < -0.4 is 5.73 Å². The van der Waals surface area contributed by atoms with Crippen molar-refractivity contribution in [2.24, 2.45) is 5.73 Å². The first-order valence-corrected chi connectivity index (χ1v) is 6.09. The number of nitrogens with zero attached hydrogens (tertiary/aromatic N) is 2. The van der Waals surface area contributed by atoms with Crippen molar-refractivity contribution in [3.8, 4) is 0 Å². The van der Waals surface area contributed by atoms with Crippen molar-refractivity contribution in [1.82, 2.24) is 9.38 Å². The lowest BCUT2D eigenvalue weighted by atomic mass is 9.85. The second-order valence-electron chi connectivity index (χ2n) is 4.88. The zero-order valence-electron chi connectivity index (χ0n) is 9.69. The minimum absolute atomic E-state index is 0.130. The smallest absolute Gasteiger partial charge is 0.199 e. The molecule has 3 rings (SSSR count). The summed E-state index contributed by atoms with van der Waals surface area (Å²) >= 11 is 0. The van der Waals surface area contributed by atoms with Crippen molar-refractivity contribution in [2.75, 3.05) is 6.54 Å². The summed E-state index contributed by atoms with van der Waals surface area (Å²) in [5, 5.41) is 0. The SMILES string of the molecule is NCC1(c2ncc3cccc(F)n23)CCCC1. The fourth-order valence-corrected chi connectivity index (χ4v) is 2.95. The number of rotatable bonds is 2. The van der Waals surface area contributed by atoms with Crippen LogP contribution in [0.15, 0.2) is 24.4 Å². The molecule has 1 saturated carbocycles. The molecule has 0 aliphatic heterocycles. The van der Waals surface area contributed by atoms with E-state index in [9.17, 15) is 4.39 Å². The van der Waals surface area contributed by atoms with E-state index in [2.05, 4.69) is 4.98 Å². The van der Waals surface area contributed by atoms with E-state index in [-0.39, 0.29) is 11.4 Å². The number of imidazole rings is 1. The predicted octanol–water partition coefficient (Wildman–Crippen LogP) is 2.24. The second-order valence-corrected chi connectivity index (χ2v) is 4.88. The molecule has 0 aromatic carbocycles. The van der Waals surface area contributed by atoms with Crippen LogP contribution >= 0.6 is 0 Å². The molecule has 2 aromatic heterocycles. The van der Waals surface area contributed by atoms with E-state index < -0.39 is 0 Å². The Labute approximate surface area is 99.5 Å². The number of aromatic nitrogens is 2. The van der Waals surface area contributed by atoms with Gasteiger partial charge in [-0.2, -0.15) is 4.39 Å². The van der Waals surface area contributed by atoms with E-state index in [0.29, 0.717) is 6.54 Å². The topological polar surface area (TPSA) is 43.3 Å². The molecule has 0 saturated heterocycles. The standard InChI is InChI=1S/C13H16FN3/c14-11-5-3-4-10-8-16-12(17(10)11)13(9-15)6-1-2-7-13/h3-5,8H,1-2,6-7,9,15H2. The Balaban J connectivity index is 2.23. The molecule has 1 aliphatic carbocycles. The number of hydrogen-bond donors (Lipinski definition) is 1. The van der Waals surface area contributed by atoms with Gasteiger partial charge in [-0.25, -0.2) is 4.98 Å². The van der Waals surface area contributed by atoms with Gasteiger partial charge in [0.25, 0.3) is 0 Å². The minimum atomic E-state index is -0.255. The van der Waals surface area contributed by atoms with Crippen LogP contribution in [0.5, 0.6) is 0 Å². The van der Waals surface area contributed by atoms with Gasteiger partial charge in [0.15, 0.2) is 5.95 Å². The third kappa shape index (κ3) is 1.47. The van der Waals surface area contributed by atoms with Gasteiger partial charge in [-0.15, -0.1) is 0 Å². The molecule has 2 aromatic rings. The van der Waals surface area contributed by atoms with Gasteiger partial charge in [0, 0.05) is 12.0 Å². The Morgan fingerprint density at radius 1 is 1.35 bits per heavy atom. The molecule has 0 amide bonds. The van der Waals surface area contributed by atoms with E-state index in [1.54, 1.807) is 16.7 Å². The van der Waals surface area contributed by atoms with Crippen LogP contribution in [0.3, 0.4) is 0 Å². The van der Waals surface area contributed by atoms with Crippen molar-refractivity contribution in [3.63, 3.8) is 0 Å². The van der Waals surface area contributed by atoms with E-state index in [1.165, 1.54) is 6.07 Å². The third-order valence-corrected chi connectivity index (χ3v) is 3.93. The Morgan fingerprint density at radius 2 is 2.12 bits per heavy atom. The fraction of sp³-hybridized carbons (Fsp3) is 0.462. The van der Waals surface area contributed by atoms with Crippen LogP contribution in [-0.4, -0.2) is 15.9 Å². The summed E-state index contributed by atoms with van der Waals surface area (Å²) in [4.78, 5) is 4.42. The van der Waals surface area contributed by atoms with E-state index in [0.717, 1.165) is 37.0 Å². The highest BCUT2D eigenvalue weighted by Crippen LogP contribution is 2.39. The van der Waals surface area contributed by atoms with E-state index in [4.69, 9.17) is 5.73 Å². The Hall–Kier alpha value is -1.42. The molecule has 17 heavy (non-hydrogen) atoms. The summed E-state index contributed by atoms with van der Waals surface area (Å²) < 4.78 is 15.5. The first kappa shape index (κ1) is 10.7. The van der Waals surface area contributed by atoms with Crippen molar-refractivity contribution in [1.29, 1.82) is 0 Å². The highest BCUT2D eigenvalue weighted by atomic mass is 19.1. The highest BCUT2D eigenvalue weighted by molar-refractivity contribution is 5.47. The quantitative estimate of drug-likeness (QED) is 0.808. The van der Waals surface area contributed by atoms with Crippen LogP contribution in [0.2, 0.25) is 0 Å². The largest absolute Gasteiger partial charge is 0.329 e. The van der Waals surface area contributed by atoms with Crippen molar-refractivity contribution in [2.45, 2.75) is 31.1 Å². The summed E-state index contributed by atoms with van der Waals surface area (Å²) in [6.07, 6.45) is 6.06. The van der Waals surface area contributed by atoms with E-state index in [1.807, 2.05) is 6.07 Å². The molecular weight excluding hydrogens is 217 g/mol. The molecule has 2 heterocycles. The number of halogens is 1. The van der Waals surface area contributed by atoms with Crippen molar-refractivity contribution >= 4 is 5.52 Å². The van der Waals surface area contributed by atoms with Gasteiger partial charge >= 0.3 is 0 Å². The second kappa shape index (κ2) is 3.81. The lowest BCUT2D eigenvalue weighted by Crippen LogP contribution is -2.34. The Kier molecular flexibility index (Phi) is 2.40. The van der Waals surface area contributed by atoms with Gasteiger partial charge in [-0.3, -0.25) is 4.40 Å². The average molecular weight is 233 g/mol. The molecule has 1 fully saturated rings. The van der Waals surface area contributed by atoms with Gasteiger partial charge in [0.2, 0.25) is 0 Å². The Bertz CT molecular complexity index is 541. The van der Waals surface area contributed by atoms with Gasteiger partial charge in [0.05, 0.1) is 11.7 Å². The van der Waals surface area contributed by atoms with Crippen LogP contribution in [-0.2, 0) is 5.41 Å². The zero-order chi connectivity index (χ0) is 11.9. The molecule has 2 N–H and O–H groups in total. The molecule has 0 bridgehead atoms. The first-order valence-electron chi connectivity index (χ1n) is 6.09. The fourth-order valence-electron chi connectivity index (χ4n) is 2.95. The third-order valence-electron chi connectivity index (χ3n) is 3.93. The molecule has 0 atom stereocenters. The summed E-state index contributed by atoms with van der Waals surface area (Å²) in [5.74, 6) is 0.542. The van der Waals surface area contributed by atoms with Crippen LogP contribution in [0.4, 0.5) is 4.39 Å². The van der Waals surface area contributed by atoms with Crippen LogP contribution in [0.1, 0.15) is 31.5 Å². The lowest BCUT2D eigenvalue weighted by molar-refractivity contribution is 0.410. The Morgan fingerprint density at radius 3 is 2.82 bits per heavy atom. The first-order chi connectivity index (χ1) is 8.27. The van der Waals surface area contributed by atoms with Gasteiger partial charge in [-0.05, 0) is 25.0 Å². The van der Waals surface area contributed by atoms with Crippen LogP contribution in [0.25, 0.3) is 5.52 Å². The van der Waals surface area contributed by atoms with Gasteiger partial charge < -0.3 is 5.73 Å². The van der Waals surface area contributed by atoms with E-state index >= 15 is 0 Å². The number of pyridine rings is 1. The molecule has 3 nitrogen and oxygen atoms in total. The minimum Gasteiger partial charge on any atom is -0.329 e. The summed E-state index contributed by atoms with van der Waals surface area (Å²) in [6.45, 7) is 0.542. The summed E-state index contributed by atoms with van der Waals surface area (Å²) in [7, 11) is 0. The maximum absolute atomic E-state index is 13.9. The predicted molar refractivity (Wildman–Crippen MR) is 64.4 cm³/mol. The molecule has 1 aliphatic rings. The molecule has 0 spiro atoms. The maximum atomic E-state index is 13.9. The number of hydrogen-bond acceptors (Lipinski definition) is 2. The van der Waals surface area contributed by atoms with Crippen LogP contribution in [0, 0.1) is 5.95 Å². The maximum Gasteiger partial charge on any atom is 0.199 e. The summed E-state index contributed by atoms with van der Waals surface area (Å²) in [6, 6.07) is 5.05. The highest BCUT2D eigenvalue weighted by Gasteiger charge is 2.38. The van der Waals surface area contributed by atoms with Crippen molar-refractivity contribution < 1.29 is 4.39 Å². The summed E-state index contributed by atoms with van der Waals surface area (Å²) in [5.41, 5.74) is 6.60. The molecule has 90 valence electrons.